The second-order valence-corrected chi connectivity index (χ2v) is 8.56. The minimum atomic E-state index is -0.182. The van der Waals surface area contributed by atoms with Crippen molar-refractivity contribution in [1.29, 1.82) is 0 Å². The van der Waals surface area contributed by atoms with Crippen LogP contribution in [-0.4, -0.2) is 34.7 Å². The van der Waals surface area contributed by atoms with Crippen LogP contribution >= 0.6 is 0 Å². The number of halogens is 1. The Bertz CT molecular complexity index is 1070. The molecular weight excluding hydrogens is 619 g/mol. The number of carbonyl (C=O) groups is 6. The summed E-state index contributed by atoms with van der Waals surface area (Å²) < 4.78 is 0. The van der Waals surface area contributed by atoms with Gasteiger partial charge in [0.05, 0.1) is 0 Å². The minimum Gasteiger partial charge on any atom is -1.00 e. The Balaban J connectivity index is 0. The molecule has 3 rings (SSSR count). The molecule has 0 aliphatic heterocycles. The average Bonchev–Trinajstić information content (AvgIpc) is 2.85. The first-order valence-corrected chi connectivity index (χ1v) is 12.2. The summed E-state index contributed by atoms with van der Waals surface area (Å²) >= 11 is 0. The monoisotopic (exact) mass is 650 g/mol. The minimum absolute atomic E-state index is 0. The first-order valence-electron chi connectivity index (χ1n) is 12.2. The zero-order valence-corrected chi connectivity index (χ0v) is 27.2. The predicted molar refractivity (Wildman–Crippen MR) is 150 cm³/mol. The summed E-state index contributed by atoms with van der Waals surface area (Å²) in [6.45, 7) is 8.44. The van der Waals surface area contributed by atoms with Gasteiger partial charge >= 0.3 is 26.2 Å². The van der Waals surface area contributed by atoms with E-state index in [0.717, 1.165) is 0 Å². The second kappa shape index (κ2) is 20.4. The first-order chi connectivity index (χ1) is 18.4. The summed E-state index contributed by atoms with van der Waals surface area (Å²) in [5, 5.41) is 0. The molecule has 0 unspecified atom stereocenters. The van der Waals surface area contributed by atoms with Crippen molar-refractivity contribution in [3.8, 4) is 0 Å². The Hall–Kier alpha value is -3.54. The van der Waals surface area contributed by atoms with Gasteiger partial charge in [-0.1, -0.05) is 18.2 Å². The van der Waals surface area contributed by atoms with Crippen molar-refractivity contribution >= 4 is 34.7 Å². The van der Waals surface area contributed by atoms with Gasteiger partial charge in [-0.15, -0.1) is 36.4 Å². The van der Waals surface area contributed by atoms with Crippen molar-refractivity contribution in [2.24, 2.45) is 0 Å². The third-order valence-corrected chi connectivity index (χ3v) is 5.30. The smallest absolute Gasteiger partial charge is 1.00 e. The number of benzene rings is 3. The largest absolute Gasteiger partial charge is 4.00 e. The zero-order valence-electron chi connectivity index (χ0n) is 24.0. The molecule has 0 atom stereocenters. The molecule has 6 nitrogen and oxygen atoms in total. The van der Waals surface area contributed by atoms with E-state index in [1.165, 1.54) is 41.5 Å². The molecule has 0 bridgehead atoms. The molecule has 0 aromatic heterocycles. The third kappa shape index (κ3) is 13.6. The fourth-order valence-electron chi connectivity index (χ4n) is 3.78. The zero-order chi connectivity index (χ0) is 29.5. The van der Waals surface area contributed by atoms with E-state index in [9.17, 15) is 28.8 Å². The van der Waals surface area contributed by atoms with Crippen LogP contribution in [0, 0.1) is 17.8 Å². The van der Waals surface area contributed by atoms with Gasteiger partial charge in [0.15, 0.2) is 0 Å². The van der Waals surface area contributed by atoms with Crippen LogP contribution in [0.2, 0.25) is 0 Å². The number of Topliss-reactive ketones (excluding diaryl/α,β-unsaturated/α-hetero) is 6. The molecule has 0 heterocycles. The summed E-state index contributed by atoms with van der Waals surface area (Å²) in [5.41, 5.74) is 2.09. The predicted octanol–water partition coefficient (Wildman–Crippen LogP) is 2.36. The molecule has 0 N–H and O–H groups in total. The van der Waals surface area contributed by atoms with Crippen molar-refractivity contribution in [3.05, 3.63) is 125 Å². The van der Waals surface area contributed by atoms with Gasteiger partial charge in [0.25, 0.3) is 0 Å². The standard InChI is InChI=1S/3C11H11O2.ClH.Zr/c3*1-8(12)11(9(2)13)10-6-4-3-5-7-10;;/h3*3-7H,1-2H3;1H;/q3*-1;;+4/p-1. The number of carbonyl (C=O) groups excluding carboxylic acids is 6. The summed E-state index contributed by atoms with van der Waals surface area (Å²) in [6.07, 6.45) is 0. The number of hydrogen-bond acceptors (Lipinski definition) is 6. The Kier molecular flexibility index (Phi) is 19.7. The maximum absolute atomic E-state index is 11.1. The summed E-state index contributed by atoms with van der Waals surface area (Å²) in [5.74, 6) is -0.256. The Morgan fingerprint density at radius 3 is 0.634 bits per heavy atom. The number of rotatable bonds is 9. The topological polar surface area (TPSA) is 102 Å². The van der Waals surface area contributed by atoms with Crippen LogP contribution in [0.25, 0.3) is 0 Å². The number of ketones is 6. The first kappa shape index (κ1) is 39.6. The fourth-order valence-corrected chi connectivity index (χ4v) is 3.78. The molecule has 41 heavy (non-hydrogen) atoms. The molecule has 8 heteroatoms. The van der Waals surface area contributed by atoms with Crippen molar-refractivity contribution in [2.45, 2.75) is 41.5 Å². The van der Waals surface area contributed by atoms with Crippen molar-refractivity contribution in [3.63, 3.8) is 0 Å². The summed E-state index contributed by atoms with van der Waals surface area (Å²) in [6, 6.07) is 27.0. The van der Waals surface area contributed by atoms with Crippen LogP contribution in [0.15, 0.2) is 91.0 Å². The van der Waals surface area contributed by atoms with Crippen LogP contribution in [0.4, 0.5) is 0 Å². The Morgan fingerprint density at radius 1 is 0.366 bits per heavy atom. The van der Waals surface area contributed by atoms with Crippen LogP contribution in [0.5, 0.6) is 0 Å². The maximum atomic E-state index is 11.1. The van der Waals surface area contributed by atoms with E-state index in [-0.39, 0.29) is 91.1 Å². The van der Waals surface area contributed by atoms with E-state index in [4.69, 9.17) is 0 Å². The van der Waals surface area contributed by atoms with E-state index >= 15 is 0 Å². The van der Waals surface area contributed by atoms with Crippen molar-refractivity contribution < 1.29 is 67.4 Å². The molecule has 0 radical (unpaired) electrons. The fraction of sp³-hybridized carbons (Fsp3) is 0.182. The van der Waals surface area contributed by atoms with Crippen LogP contribution in [-0.2, 0) is 55.0 Å². The molecule has 3 aromatic carbocycles. The van der Waals surface area contributed by atoms with E-state index in [1.807, 2.05) is 18.2 Å². The van der Waals surface area contributed by atoms with Gasteiger partial charge in [-0.05, 0) is 59.3 Å². The van der Waals surface area contributed by atoms with Gasteiger partial charge in [-0.2, -0.15) is 53.1 Å². The maximum Gasteiger partial charge on any atom is 4.00 e. The van der Waals surface area contributed by atoms with Gasteiger partial charge in [0.1, 0.15) is 34.7 Å². The van der Waals surface area contributed by atoms with Gasteiger partial charge < -0.3 is 41.2 Å². The molecule has 0 saturated carbocycles. The van der Waals surface area contributed by atoms with E-state index < -0.39 is 0 Å². The summed E-state index contributed by atoms with van der Waals surface area (Å²) in [7, 11) is 0. The van der Waals surface area contributed by atoms with E-state index in [0.29, 0.717) is 16.7 Å². The molecule has 0 fully saturated rings. The van der Waals surface area contributed by atoms with Gasteiger partial charge in [0.2, 0.25) is 0 Å². The van der Waals surface area contributed by atoms with Crippen LogP contribution < -0.4 is 12.4 Å². The SMILES string of the molecule is CC(=O)[C-](C(C)=O)c1ccccc1.CC(=O)[C-](C(C)=O)c1ccccc1.CC(=O)[C-](C(C)=O)c1ccccc1.[Cl-].[Zr+4]. The quantitative estimate of drug-likeness (QED) is 0.260. The molecule has 0 saturated heterocycles. The Labute approximate surface area is 267 Å². The third-order valence-electron chi connectivity index (χ3n) is 5.30. The normalized spacial score (nSPS) is 8.93. The van der Waals surface area contributed by atoms with E-state index in [2.05, 4.69) is 0 Å². The molecule has 0 spiro atoms. The van der Waals surface area contributed by atoms with Gasteiger partial charge in [0, 0.05) is 0 Å². The van der Waals surface area contributed by atoms with Gasteiger partial charge in [-0.25, -0.2) is 0 Å². The van der Waals surface area contributed by atoms with Crippen LogP contribution in [0.1, 0.15) is 58.2 Å². The molecular formula is C33H33ClO6Zr. The molecule has 0 aliphatic carbocycles. The van der Waals surface area contributed by atoms with Crippen LogP contribution in [0.3, 0.4) is 0 Å². The average molecular weight is 652 g/mol. The molecule has 0 aliphatic rings. The van der Waals surface area contributed by atoms with E-state index in [1.54, 1.807) is 72.8 Å². The van der Waals surface area contributed by atoms with Crippen molar-refractivity contribution in [1.82, 2.24) is 0 Å². The van der Waals surface area contributed by atoms with Crippen molar-refractivity contribution in [2.75, 3.05) is 0 Å². The molecule has 0 amide bonds. The molecule has 3 aromatic rings. The number of hydrogen-bond donors (Lipinski definition) is 0. The second-order valence-electron chi connectivity index (χ2n) is 8.56. The van der Waals surface area contributed by atoms with Gasteiger partial charge in [-0.3, -0.25) is 0 Å². The Morgan fingerprint density at radius 2 is 0.512 bits per heavy atom. The summed E-state index contributed by atoms with van der Waals surface area (Å²) in [4.78, 5) is 66.8. The molecule has 212 valence electrons.